The van der Waals surface area contributed by atoms with Crippen LogP contribution in [0.25, 0.3) is 0 Å². The lowest BCUT2D eigenvalue weighted by Crippen LogP contribution is -2.05. The second kappa shape index (κ2) is 3.40. The van der Waals surface area contributed by atoms with Gasteiger partial charge in [0.05, 0.1) is 0 Å². The smallest absolute Gasteiger partial charge is 0.123 e. The van der Waals surface area contributed by atoms with Crippen LogP contribution in [0.1, 0.15) is 6.92 Å². The highest BCUT2D eigenvalue weighted by atomic mass is 31.2. The molecule has 0 heterocycles. The van der Waals surface area contributed by atoms with E-state index in [2.05, 4.69) is 0 Å². The molecule has 0 fully saturated rings. The quantitative estimate of drug-likeness (QED) is 0.648. The largest absolute Gasteiger partial charge is 0.319 e. The van der Waals surface area contributed by atoms with E-state index in [1.165, 1.54) is 12.1 Å². The van der Waals surface area contributed by atoms with E-state index in [0.29, 0.717) is 11.5 Å². The fourth-order valence-electron chi connectivity index (χ4n) is 0.953. The van der Waals surface area contributed by atoms with Crippen molar-refractivity contribution < 1.29 is 8.96 Å². The lowest BCUT2D eigenvalue weighted by Gasteiger charge is -2.09. The zero-order valence-corrected chi connectivity index (χ0v) is 8.14. The minimum atomic E-state index is -2.29. The first kappa shape index (κ1) is 9.47. The van der Waals surface area contributed by atoms with Crippen molar-refractivity contribution in [3.8, 4) is 0 Å². The Kier molecular flexibility index (Phi) is 2.69. The van der Waals surface area contributed by atoms with Gasteiger partial charge >= 0.3 is 0 Å². The Labute approximate surface area is 72.0 Å². The minimum Gasteiger partial charge on any atom is -0.319 e. The van der Waals surface area contributed by atoms with Crippen LogP contribution in [0.3, 0.4) is 0 Å². The fraction of sp³-hybridized carbons (Fsp3) is 0.333. The van der Waals surface area contributed by atoms with Crippen LogP contribution < -0.4 is 5.30 Å². The Morgan fingerprint density at radius 3 is 2.67 bits per heavy atom. The molecule has 0 aliphatic rings. The molecule has 0 radical (unpaired) electrons. The van der Waals surface area contributed by atoms with E-state index in [1.54, 1.807) is 18.8 Å². The molecular formula is C9H12FOP. The van der Waals surface area contributed by atoms with E-state index in [0.717, 1.165) is 0 Å². The van der Waals surface area contributed by atoms with Gasteiger partial charge in [-0.25, -0.2) is 4.39 Å². The molecule has 0 bridgehead atoms. The molecule has 0 aliphatic carbocycles. The number of benzene rings is 1. The van der Waals surface area contributed by atoms with Crippen molar-refractivity contribution in [1.29, 1.82) is 0 Å². The third kappa shape index (κ3) is 1.95. The highest BCUT2D eigenvalue weighted by Gasteiger charge is 2.15. The number of hydrogen-bond donors (Lipinski definition) is 0. The summed E-state index contributed by atoms with van der Waals surface area (Å²) in [6, 6.07) is 6.02. The molecule has 0 N–H and O–H groups in total. The molecule has 1 rings (SSSR count). The number of halogens is 1. The second-order valence-corrected chi connectivity index (χ2v) is 6.25. The standard InChI is InChI=1S/C9H12FOP/c1-3-12(2,11)9-6-4-5-8(10)7-9/h4-7H,3H2,1-2H3. The molecule has 1 aromatic rings. The summed E-state index contributed by atoms with van der Waals surface area (Å²) < 4.78 is 24.5. The summed E-state index contributed by atoms with van der Waals surface area (Å²) >= 11 is 0. The average molecular weight is 186 g/mol. The molecule has 1 atom stereocenters. The molecule has 66 valence electrons. The van der Waals surface area contributed by atoms with Crippen LogP contribution in [0.5, 0.6) is 0 Å². The zero-order chi connectivity index (χ0) is 9.19. The predicted octanol–water partition coefficient (Wildman–Crippen LogP) is 2.46. The van der Waals surface area contributed by atoms with Gasteiger partial charge in [0.2, 0.25) is 0 Å². The van der Waals surface area contributed by atoms with Crippen molar-refractivity contribution >= 4 is 12.4 Å². The summed E-state index contributed by atoms with van der Waals surface area (Å²) in [6.07, 6.45) is 0.580. The van der Waals surface area contributed by atoms with Crippen LogP contribution in [0.15, 0.2) is 24.3 Å². The van der Waals surface area contributed by atoms with Crippen molar-refractivity contribution in [3.05, 3.63) is 30.1 Å². The minimum absolute atomic E-state index is 0.317. The van der Waals surface area contributed by atoms with Crippen LogP contribution in [-0.2, 0) is 4.57 Å². The van der Waals surface area contributed by atoms with E-state index in [-0.39, 0.29) is 5.82 Å². The summed E-state index contributed by atoms with van der Waals surface area (Å²) in [5.74, 6) is -0.317. The first-order valence-corrected chi connectivity index (χ1v) is 6.23. The first-order valence-electron chi connectivity index (χ1n) is 3.89. The van der Waals surface area contributed by atoms with Gasteiger partial charge in [-0.2, -0.15) is 0 Å². The maximum absolute atomic E-state index is 12.7. The molecule has 0 spiro atoms. The Balaban J connectivity index is 3.12. The maximum atomic E-state index is 12.7. The molecule has 0 aromatic heterocycles. The van der Waals surface area contributed by atoms with Gasteiger partial charge in [-0.05, 0) is 18.8 Å². The predicted molar refractivity (Wildman–Crippen MR) is 50.1 cm³/mol. The van der Waals surface area contributed by atoms with E-state index in [4.69, 9.17) is 0 Å². The molecule has 1 aromatic carbocycles. The SMILES string of the molecule is CCP(C)(=O)c1cccc(F)c1. The Morgan fingerprint density at radius 1 is 1.50 bits per heavy atom. The Hall–Kier alpha value is -0.620. The summed E-state index contributed by atoms with van der Waals surface area (Å²) in [7, 11) is -2.29. The van der Waals surface area contributed by atoms with Crippen LogP contribution in [0.2, 0.25) is 0 Å². The molecular weight excluding hydrogens is 174 g/mol. The monoisotopic (exact) mass is 186 g/mol. The molecule has 12 heavy (non-hydrogen) atoms. The summed E-state index contributed by atoms with van der Waals surface area (Å²) in [5.41, 5.74) is 0. The van der Waals surface area contributed by atoms with Crippen molar-refractivity contribution in [2.45, 2.75) is 6.92 Å². The van der Waals surface area contributed by atoms with Crippen molar-refractivity contribution in [1.82, 2.24) is 0 Å². The van der Waals surface area contributed by atoms with Gasteiger partial charge in [0.25, 0.3) is 0 Å². The van der Waals surface area contributed by atoms with Gasteiger partial charge in [0.1, 0.15) is 13.0 Å². The van der Waals surface area contributed by atoms with Crippen LogP contribution in [0, 0.1) is 5.82 Å². The second-order valence-electron chi connectivity index (χ2n) is 2.90. The number of hydrogen-bond acceptors (Lipinski definition) is 1. The van der Waals surface area contributed by atoms with Crippen molar-refractivity contribution in [2.75, 3.05) is 12.8 Å². The third-order valence-electron chi connectivity index (χ3n) is 1.96. The van der Waals surface area contributed by atoms with Gasteiger partial charge < -0.3 is 4.57 Å². The lowest BCUT2D eigenvalue weighted by atomic mass is 10.3. The molecule has 0 aliphatic heterocycles. The lowest BCUT2D eigenvalue weighted by molar-refractivity contribution is 0.584. The van der Waals surface area contributed by atoms with E-state index < -0.39 is 7.14 Å². The summed E-state index contributed by atoms with van der Waals surface area (Å²) in [5, 5.41) is 0.630. The fourth-order valence-corrected chi connectivity index (χ4v) is 2.12. The average Bonchev–Trinajstić information content (AvgIpc) is 2.05. The van der Waals surface area contributed by atoms with Gasteiger partial charge in [-0.3, -0.25) is 0 Å². The van der Waals surface area contributed by atoms with E-state index >= 15 is 0 Å². The topological polar surface area (TPSA) is 17.1 Å². The molecule has 0 amide bonds. The Morgan fingerprint density at radius 2 is 2.17 bits per heavy atom. The molecule has 0 saturated carbocycles. The van der Waals surface area contributed by atoms with E-state index in [9.17, 15) is 8.96 Å². The van der Waals surface area contributed by atoms with E-state index in [1.807, 2.05) is 6.92 Å². The summed E-state index contributed by atoms with van der Waals surface area (Å²) in [6.45, 7) is 3.54. The summed E-state index contributed by atoms with van der Waals surface area (Å²) in [4.78, 5) is 0. The highest BCUT2D eigenvalue weighted by Crippen LogP contribution is 2.38. The van der Waals surface area contributed by atoms with Crippen molar-refractivity contribution in [3.63, 3.8) is 0 Å². The highest BCUT2D eigenvalue weighted by molar-refractivity contribution is 7.70. The number of rotatable bonds is 2. The molecule has 1 nitrogen and oxygen atoms in total. The molecule has 3 heteroatoms. The first-order chi connectivity index (χ1) is 5.56. The maximum Gasteiger partial charge on any atom is 0.123 e. The van der Waals surface area contributed by atoms with Gasteiger partial charge in [-0.1, -0.05) is 19.1 Å². The van der Waals surface area contributed by atoms with Crippen LogP contribution >= 0.6 is 7.14 Å². The molecule has 0 saturated heterocycles. The van der Waals surface area contributed by atoms with Crippen molar-refractivity contribution in [2.24, 2.45) is 0 Å². The third-order valence-corrected chi connectivity index (χ3v) is 4.54. The van der Waals surface area contributed by atoms with Gasteiger partial charge in [0, 0.05) is 11.5 Å². The Bertz CT molecular complexity index is 322. The zero-order valence-electron chi connectivity index (χ0n) is 7.25. The van der Waals surface area contributed by atoms with Gasteiger partial charge in [-0.15, -0.1) is 0 Å². The normalized spacial score (nSPS) is 15.6. The van der Waals surface area contributed by atoms with Gasteiger partial charge in [0.15, 0.2) is 0 Å². The van der Waals surface area contributed by atoms with Crippen LogP contribution in [-0.4, -0.2) is 12.8 Å². The molecule has 1 unspecified atom stereocenters. The van der Waals surface area contributed by atoms with Crippen LogP contribution in [0.4, 0.5) is 4.39 Å².